The Morgan fingerprint density at radius 2 is 2.10 bits per heavy atom. The highest BCUT2D eigenvalue weighted by Gasteiger charge is 2.22. The topological polar surface area (TPSA) is 39.1 Å². The van der Waals surface area contributed by atoms with E-state index < -0.39 is 0 Å². The fourth-order valence-electron chi connectivity index (χ4n) is 2.72. The molecule has 2 rings (SSSR count). The molecule has 0 radical (unpaired) electrons. The molecule has 3 nitrogen and oxygen atoms in total. The average Bonchev–Trinajstić information content (AvgIpc) is 2.45. The molecule has 1 aromatic rings. The van der Waals surface area contributed by atoms with Crippen molar-refractivity contribution in [3.8, 4) is 6.07 Å². The van der Waals surface area contributed by atoms with Gasteiger partial charge in [-0.05, 0) is 45.7 Å². The van der Waals surface area contributed by atoms with Crippen LogP contribution in [0.4, 0.5) is 11.4 Å². The third-order valence-corrected chi connectivity index (χ3v) is 4.09. The average molecular weight is 271 g/mol. The number of para-hydroxylation sites is 2. The fraction of sp³-hybridized carbons (Fsp3) is 0.588. The van der Waals surface area contributed by atoms with E-state index in [0.29, 0.717) is 6.04 Å². The molecule has 1 unspecified atom stereocenters. The Morgan fingerprint density at radius 3 is 2.85 bits per heavy atom. The number of unbranched alkanes of at least 4 members (excludes halogenated alkanes) is 1. The molecule has 0 saturated heterocycles. The van der Waals surface area contributed by atoms with Gasteiger partial charge in [0.2, 0.25) is 0 Å². The summed E-state index contributed by atoms with van der Waals surface area (Å²) in [5.41, 5.74) is 2.36. The lowest BCUT2D eigenvalue weighted by Gasteiger charge is -2.38. The van der Waals surface area contributed by atoms with Crippen LogP contribution >= 0.6 is 0 Å². The third kappa shape index (κ3) is 3.45. The number of anilines is 2. The second-order valence-corrected chi connectivity index (χ2v) is 6.39. The Kier molecular flexibility index (Phi) is 4.54. The fourth-order valence-corrected chi connectivity index (χ4v) is 2.72. The number of nitrogens with zero attached hydrogens (tertiary/aromatic N) is 2. The van der Waals surface area contributed by atoms with Crippen LogP contribution in [0.15, 0.2) is 24.3 Å². The largest absolute Gasteiger partial charge is 0.381 e. The minimum absolute atomic E-state index is 0.188. The quantitative estimate of drug-likeness (QED) is 0.822. The van der Waals surface area contributed by atoms with E-state index in [2.05, 4.69) is 47.5 Å². The Morgan fingerprint density at radius 1 is 1.35 bits per heavy atom. The van der Waals surface area contributed by atoms with Gasteiger partial charge in [-0.3, -0.25) is 0 Å². The molecule has 1 atom stereocenters. The summed E-state index contributed by atoms with van der Waals surface area (Å²) < 4.78 is 0. The highest BCUT2D eigenvalue weighted by atomic mass is 15.2. The van der Waals surface area contributed by atoms with E-state index in [0.717, 1.165) is 32.4 Å². The standard InChI is InChI=1S/C17H25N3/c1-14-12-19-15-8-4-5-9-16(15)20(14)11-7-6-10-17(2,3)13-18/h4-5,8-9,14,19H,6-7,10-12H2,1-3H3. The molecule has 0 fully saturated rings. The van der Waals surface area contributed by atoms with E-state index in [4.69, 9.17) is 5.26 Å². The van der Waals surface area contributed by atoms with Gasteiger partial charge in [-0.1, -0.05) is 18.6 Å². The number of fused-ring (bicyclic) bond motifs is 1. The summed E-state index contributed by atoms with van der Waals surface area (Å²) in [5, 5.41) is 12.5. The lowest BCUT2D eigenvalue weighted by atomic mass is 9.89. The van der Waals surface area contributed by atoms with E-state index >= 15 is 0 Å². The molecule has 0 aromatic heterocycles. The van der Waals surface area contributed by atoms with Gasteiger partial charge in [0.25, 0.3) is 0 Å². The maximum atomic E-state index is 9.05. The van der Waals surface area contributed by atoms with Crippen molar-refractivity contribution in [2.75, 3.05) is 23.3 Å². The van der Waals surface area contributed by atoms with Crippen molar-refractivity contribution in [1.82, 2.24) is 0 Å². The van der Waals surface area contributed by atoms with Crippen molar-refractivity contribution in [2.45, 2.75) is 46.1 Å². The van der Waals surface area contributed by atoms with Crippen molar-refractivity contribution in [2.24, 2.45) is 5.41 Å². The van der Waals surface area contributed by atoms with Crippen molar-refractivity contribution in [3.63, 3.8) is 0 Å². The first kappa shape index (κ1) is 14.7. The minimum atomic E-state index is -0.188. The molecule has 0 amide bonds. The van der Waals surface area contributed by atoms with Gasteiger partial charge < -0.3 is 10.2 Å². The molecule has 3 heteroatoms. The van der Waals surface area contributed by atoms with Gasteiger partial charge in [0.1, 0.15) is 0 Å². The van der Waals surface area contributed by atoms with Crippen LogP contribution in [-0.4, -0.2) is 19.1 Å². The third-order valence-electron chi connectivity index (χ3n) is 4.09. The van der Waals surface area contributed by atoms with Gasteiger partial charge >= 0.3 is 0 Å². The summed E-state index contributed by atoms with van der Waals surface area (Å²) in [7, 11) is 0. The zero-order valence-corrected chi connectivity index (χ0v) is 12.8. The molecule has 1 heterocycles. The zero-order valence-electron chi connectivity index (χ0n) is 12.8. The van der Waals surface area contributed by atoms with Gasteiger partial charge in [0.05, 0.1) is 22.9 Å². The van der Waals surface area contributed by atoms with Crippen molar-refractivity contribution < 1.29 is 0 Å². The second kappa shape index (κ2) is 6.17. The Labute approximate surface area is 122 Å². The molecular weight excluding hydrogens is 246 g/mol. The number of nitriles is 1. The first-order valence-electron chi connectivity index (χ1n) is 7.54. The van der Waals surface area contributed by atoms with Gasteiger partial charge in [0, 0.05) is 19.1 Å². The molecule has 1 aromatic carbocycles. The smallest absolute Gasteiger partial charge is 0.0683 e. The number of rotatable bonds is 5. The van der Waals surface area contributed by atoms with Gasteiger partial charge in [-0.25, -0.2) is 0 Å². The van der Waals surface area contributed by atoms with Crippen LogP contribution in [0.25, 0.3) is 0 Å². The van der Waals surface area contributed by atoms with Gasteiger partial charge in [0.15, 0.2) is 0 Å². The predicted molar refractivity (Wildman–Crippen MR) is 85.0 cm³/mol. The van der Waals surface area contributed by atoms with Crippen LogP contribution in [0, 0.1) is 16.7 Å². The SMILES string of the molecule is CC1CNc2ccccc2N1CCCCC(C)(C)C#N. The number of nitrogens with one attached hydrogen (secondary N) is 1. The molecule has 20 heavy (non-hydrogen) atoms. The molecule has 0 aliphatic carbocycles. The summed E-state index contributed by atoms with van der Waals surface area (Å²) in [6.07, 6.45) is 3.23. The summed E-state index contributed by atoms with van der Waals surface area (Å²) in [4.78, 5) is 2.49. The molecule has 1 N–H and O–H groups in total. The second-order valence-electron chi connectivity index (χ2n) is 6.39. The molecule has 0 saturated carbocycles. The highest BCUT2D eigenvalue weighted by molar-refractivity contribution is 5.72. The molecule has 0 spiro atoms. The lowest BCUT2D eigenvalue weighted by Crippen LogP contribution is -2.42. The monoisotopic (exact) mass is 271 g/mol. The minimum Gasteiger partial charge on any atom is -0.381 e. The van der Waals surface area contributed by atoms with E-state index in [1.54, 1.807) is 0 Å². The van der Waals surface area contributed by atoms with Crippen LogP contribution in [0.5, 0.6) is 0 Å². The van der Waals surface area contributed by atoms with Crippen molar-refractivity contribution >= 4 is 11.4 Å². The van der Waals surface area contributed by atoms with Crippen LogP contribution in [-0.2, 0) is 0 Å². The summed E-state index contributed by atoms with van der Waals surface area (Å²) in [6.45, 7) is 8.38. The number of hydrogen-bond acceptors (Lipinski definition) is 3. The Balaban J connectivity index is 1.91. The first-order chi connectivity index (χ1) is 9.53. The maximum absolute atomic E-state index is 9.05. The number of hydrogen-bond donors (Lipinski definition) is 1. The van der Waals surface area contributed by atoms with Crippen molar-refractivity contribution in [3.05, 3.63) is 24.3 Å². The van der Waals surface area contributed by atoms with Gasteiger partial charge in [-0.2, -0.15) is 5.26 Å². The summed E-state index contributed by atoms with van der Waals surface area (Å²) >= 11 is 0. The first-order valence-corrected chi connectivity index (χ1v) is 7.54. The normalized spacial score (nSPS) is 18.1. The van der Waals surface area contributed by atoms with Crippen LogP contribution in [0.2, 0.25) is 0 Å². The van der Waals surface area contributed by atoms with E-state index in [1.807, 2.05) is 13.8 Å². The molecular formula is C17H25N3. The highest BCUT2D eigenvalue weighted by Crippen LogP contribution is 2.31. The predicted octanol–water partition coefficient (Wildman–Crippen LogP) is 4.03. The molecule has 108 valence electrons. The summed E-state index contributed by atoms with van der Waals surface area (Å²) in [5.74, 6) is 0. The zero-order chi connectivity index (χ0) is 14.6. The summed E-state index contributed by atoms with van der Waals surface area (Å²) in [6, 6.07) is 11.4. The van der Waals surface area contributed by atoms with E-state index in [1.165, 1.54) is 11.4 Å². The Bertz CT molecular complexity index is 487. The van der Waals surface area contributed by atoms with Crippen LogP contribution < -0.4 is 10.2 Å². The van der Waals surface area contributed by atoms with Gasteiger partial charge in [-0.15, -0.1) is 0 Å². The Hall–Kier alpha value is -1.69. The number of benzene rings is 1. The maximum Gasteiger partial charge on any atom is 0.0683 e. The lowest BCUT2D eigenvalue weighted by molar-refractivity contribution is 0.424. The van der Waals surface area contributed by atoms with Crippen molar-refractivity contribution in [1.29, 1.82) is 5.26 Å². The van der Waals surface area contributed by atoms with Crippen LogP contribution in [0.3, 0.4) is 0 Å². The van der Waals surface area contributed by atoms with Crippen LogP contribution in [0.1, 0.15) is 40.0 Å². The molecule has 0 bridgehead atoms. The van der Waals surface area contributed by atoms with E-state index in [-0.39, 0.29) is 5.41 Å². The van der Waals surface area contributed by atoms with E-state index in [9.17, 15) is 0 Å². The molecule has 1 aliphatic heterocycles. The molecule has 1 aliphatic rings.